The maximum atomic E-state index is 3.74. The number of benzene rings is 2. The van der Waals surface area contributed by atoms with Gasteiger partial charge in [-0.2, -0.15) is 0 Å². The SMILES string of the molecule is C[C@@H](NC1CC(c2ccc(Br)cc2)C1)c1cccc(Br)c1. The van der Waals surface area contributed by atoms with Crippen LogP contribution in [0.4, 0.5) is 0 Å². The van der Waals surface area contributed by atoms with Crippen LogP contribution in [0.1, 0.15) is 42.9 Å². The van der Waals surface area contributed by atoms with Crippen molar-refractivity contribution in [1.29, 1.82) is 0 Å². The van der Waals surface area contributed by atoms with Crippen LogP contribution in [0.2, 0.25) is 0 Å². The summed E-state index contributed by atoms with van der Waals surface area (Å²) in [6, 6.07) is 18.3. The second-order valence-corrected chi connectivity index (χ2v) is 7.69. The van der Waals surface area contributed by atoms with E-state index < -0.39 is 0 Å². The summed E-state index contributed by atoms with van der Waals surface area (Å²) < 4.78 is 2.30. The number of hydrogen-bond donors (Lipinski definition) is 1. The van der Waals surface area contributed by atoms with E-state index in [1.807, 2.05) is 0 Å². The molecule has 1 saturated carbocycles. The van der Waals surface area contributed by atoms with Crippen LogP contribution >= 0.6 is 31.9 Å². The van der Waals surface area contributed by atoms with Crippen LogP contribution in [0.5, 0.6) is 0 Å². The Balaban J connectivity index is 1.54. The van der Waals surface area contributed by atoms with Crippen LogP contribution in [-0.2, 0) is 0 Å². The molecule has 3 heteroatoms. The molecular formula is C18H19Br2N. The van der Waals surface area contributed by atoms with Crippen LogP contribution in [-0.4, -0.2) is 6.04 Å². The van der Waals surface area contributed by atoms with Crippen molar-refractivity contribution in [3.8, 4) is 0 Å². The van der Waals surface area contributed by atoms with Crippen LogP contribution in [0.15, 0.2) is 57.5 Å². The Morgan fingerprint density at radius 2 is 1.71 bits per heavy atom. The van der Waals surface area contributed by atoms with Gasteiger partial charge in [-0.3, -0.25) is 0 Å². The zero-order valence-electron chi connectivity index (χ0n) is 12.0. The van der Waals surface area contributed by atoms with E-state index in [-0.39, 0.29) is 0 Å². The molecule has 0 bridgehead atoms. The van der Waals surface area contributed by atoms with Crippen molar-refractivity contribution < 1.29 is 0 Å². The van der Waals surface area contributed by atoms with E-state index in [1.54, 1.807) is 0 Å². The summed E-state index contributed by atoms with van der Waals surface area (Å²) in [7, 11) is 0. The summed E-state index contributed by atoms with van der Waals surface area (Å²) in [5, 5.41) is 3.74. The van der Waals surface area contributed by atoms with Gasteiger partial charge in [-0.1, -0.05) is 56.1 Å². The molecule has 0 radical (unpaired) electrons. The van der Waals surface area contributed by atoms with Crippen molar-refractivity contribution in [3.05, 3.63) is 68.6 Å². The molecule has 2 aromatic carbocycles. The molecule has 0 amide bonds. The Kier molecular flexibility index (Phi) is 4.82. The first kappa shape index (κ1) is 15.3. The quantitative estimate of drug-likeness (QED) is 0.673. The third-order valence-corrected chi connectivity index (χ3v) is 5.34. The summed E-state index contributed by atoms with van der Waals surface area (Å²) in [6.07, 6.45) is 2.47. The Bertz CT molecular complexity index is 603. The zero-order valence-corrected chi connectivity index (χ0v) is 15.2. The Labute approximate surface area is 143 Å². The Morgan fingerprint density at radius 1 is 1.00 bits per heavy atom. The van der Waals surface area contributed by atoms with Crippen molar-refractivity contribution in [2.45, 2.75) is 37.8 Å². The molecule has 1 atom stereocenters. The first-order chi connectivity index (χ1) is 10.1. The number of halogens is 2. The van der Waals surface area contributed by atoms with E-state index in [0.717, 1.165) is 8.95 Å². The monoisotopic (exact) mass is 407 g/mol. The minimum atomic E-state index is 0.401. The number of rotatable bonds is 4. The molecule has 3 rings (SSSR count). The highest BCUT2D eigenvalue weighted by atomic mass is 79.9. The fourth-order valence-electron chi connectivity index (χ4n) is 2.99. The maximum absolute atomic E-state index is 3.74. The van der Waals surface area contributed by atoms with Crippen molar-refractivity contribution >= 4 is 31.9 Å². The van der Waals surface area contributed by atoms with Gasteiger partial charge in [0.05, 0.1) is 0 Å². The predicted octanol–water partition coefficient (Wildman–Crippen LogP) is 5.81. The molecule has 0 unspecified atom stereocenters. The maximum Gasteiger partial charge on any atom is 0.0294 e. The number of nitrogens with one attached hydrogen (secondary N) is 1. The fraction of sp³-hybridized carbons (Fsp3) is 0.333. The first-order valence-corrected chi connectivity index (χ1v) is 8.97. The molecule has 0 aromatic heterocycles. The second kappa shape index (κ2) is 6.64. The lowest BCUT2D eigenvalue weighted by atomic mass is 9.75. The van der Waals surface area contributed by atoms with E-state index in [0.29, 0.717) is 18.0 Å². The van der Waals surface area contributed by atoms with E-state index in [1.165, 1.54) is 24.0 Å². The van der Waals surface area contributed by atoms with Crippen LogP contribution < -0.4 is 5.32 Å². The third kappa shape index (κ3) is 3.77. The second-order valence-electron chi connectivity index (χ2n) is 5.86. The van der Waals surface area contributed by atoms with Gasteiger partial charge in [0.2, 0.25) is 0 Å². The summed E-state index contributed by atoms with van der Waals surface area (Å²) >= 11 is 7.04. The smallest absolute Gasteiger partial charge is 0.0294 e. The average molecular weight is 409 g/mol. The summed E-state index contributed by atoms with van der Waals surface area (Å²) in [4.78, 5) is 0. The van der Waals surface area contributed by atoms with Crippen molar-refractivity contribution in [2.75, 3.05) is 0 Å². The zero-order chi connectivity index (χ0) is 14.8. The topological polar surface area (TPSA) is 12.0 Å². The van der Waals surface area contributed by atoms with Crippen LogP contribution in [0, 0.1) is 0 Å². The lowest BCUT2D eigenvalue weighted by Crippen LogP contribution is -2.41. The Hall–Kier alpha value is -0.640. The molecule has 1 fully saturated rings. The van der Waals surface area contributed by atoms with Crippen molar-refractivity contribution in [1.82, 2.24) is 5.32 Å². The molecule has 0 aliphatic heterocycles. The molecule has 21 heavy (non-hydrogen) atoms. The summed E-state index contributed by atoms with van der Waals surface area (Å²) in [6.45, 7) is 2.24. The molecule has 0 saturated heterocycles. The summed E-state index contributed by atoms with van der Waals surface area (Å²) in [5.41, 5.74) is 2.81. The molecular weight excluding hydrogens is 390 g/mol. The molecule has 0 spiro atoms. The van der Waals surface area contributed by atoms with Gasteiger partial charge in [0, 0.05) is 21.0 Å². The van der Waals surface area contributed by atoms with Crippen molar-refractivity contribution in [2.24, 2.45) is 0 Å². The molecule has 1 N–H and O–H groups in total. The molecule has 0 heterocycles. The minimum absolute atomic E-state index is 0.401. The average Bonchev–Trinajstić information content (AvgIpc) is 2.43. The van der Waals surface area contributed by atoms with Gasteiger partial charge in [0.25, 0.3) is 0 Å². The lowest BCUT2D eigenvalue weighted by molar-refractivity contribution is 0.271. The predicted molar refractivity (Wildman–Crippen MR) is 95.6 cm³/mol. The first-order valence-electron chi connectivity index (χ1n) is 7.39. The van der Waals surface area contributed by atoms with Gasteiger partial charge in [0.1, 0.15) is 0 Å². The molecule has 2 aromatic rings. The summed E-state index contributed by atoms with van der Waals surface area (Å²) in [5.74, 6) is 0.713. The van der Waals surface area contributed by atoms with Gasteiger partial charge >= 0.3 is 0 Å². The highest BCUT2D eigenvalue weighted by Gasteiger charge is 2.31. The van der Waals surface area contributed by atoms with E-state index in [9.17, 15) is 0 Å². The minimum Gasteiger partial charge on any atom is -0.307 e. The molecule has 1 nitrogen and oxygen atoms in total. The fourth-order valence-corrected chi connectivity index (χ4v) is 3.67. The standard InChI is InChI=1S/C18H19Br2N/c1-12(14-3-2-4-17(20)9-14)21-18-10-15(11-18)13-5-7-16(19)8-6-13/h2-9,12,15,18,21H,10-11H2,1H3/t12-,15?,18?/m1/s1. The van der Waals surface area contributed by atoms with Gasteiger partial charge in [-0.15, -0.1) is 0 Å². The normalized spacial score (nSPS) is 22.6. The van der Waals surface area contributed by atoms with E-state index >= 15 is 0 Å². The highest BCUT2D eigenvalue weighted by molar-refractivity contribution is 9.10. The van der Waals surface area contributed by atoms with Crippen molar-refractivity contribution in [3.63, 3.8) is 0 Å². The van der Waals surface area contributed by atoms with Gasteiger partial charge in [0.15, 0.2) is 0 Å². The van der Waals surface area contributed by atoms with E-state index in [2.05, 4.69) is 92.6 Å². The molecule has 1 aliphatic rings. The van der Waals surface area contributed by atoms with Gasteiger partial charge in [-0.25, -0.2) is 0 Å². The van der Waals surface area contributed by atoms with Crippen LogP contribution in [0.25, 0.3) is 0 Å². The lowest BCUT2D eigenvalue weighted by Gasteiger charge is -2.38. The largest absolute Gasteiger partial charge is 0.307 e. The molecule has 1 aliphatic carbocycles. The van der Waals surface area contributed by atoms with E-state index in [4.69, 9.17) is 0 Å². The number of hydrogen-bond acceptors (Lipinski definition) is 1. The Morgan fingerprint density at radius 3 is 2.38 bits per heavy atom. The van der Waals surface area contributed by atoms with Gasteiger partial charge < -0.3 is 5.32 Å². The third-order valence-electron chi connectivity index (χ3n) is 4.31. The van der Waals surface area contributed by atoms with Gasteiger partial charge in [-0.05, 0) is 61.1 Å². The van der Waals surface area contributed by atoms with Crippen LogP contribution in [0.3, 0.4) is 0 Å². The highest BCUT2D eigenvalue weighted by Crippen LogP contribution is 2.38. The molecule has 110 valence electrons.